The summed E-state index contributed by atoms with van der Waals surface area (Å²) in [6, 6.07) is 6.19. The molecule has 0 spiro atoms. The van der Waals surface area contributed by atoms with Gasteiger partial charge in [-0.25, -0.2) is 4.98 Å². The second-order valence-corrected chi connectivity index (χ2v) is 8.90. The summed E-state index contributed by atoms with van der Waals surface area (Å²) in [6.07, 6.45) is 0.881. The topological polar surface area (TPSA) is 75.1 Å². The predicted octanol–water partition coefficient (Wildman–Crippen LogP) is 3.12. The van der Waals surface area contributed by atoms with Crippen molar-refractivity contribution >= 4 is 46.6 Å². The SMILES string of the molecule is CCc1nsc(N2CCN(C(=NC)NCC(C)(C)c3ccc4c(c3)OCO4)CC2)n1.I. The molecule has 0 atom stereocenters. The van der Waals surface area contributed by atoms with E-state index in [-0.39, 0.29) is 29.4 Å². The first kappa shape index (κ1) is 23.8. The van der Waals surface area contributed by atoms with Crippen molar-refractivity contribution in [3.05, 3.63) is 29.6 Å². The van der Waals surface area contributed by atoms with Gasteiger partial charge in [0.2, 0.25) is 11.9 Å². The summed E-state index contributed by atoms with van der Waals surface area (Å²) in [7, 11) is 1.85. The van der Waals surface area contributed by atoms with Crippen LogP contribution in [0.1, 0.15) is 32.2 Å². The molecule has 31 heavy (non-hydrogen) atoms. The maximum atomic E-state index is 5.54. The maximum Gasteiger partial charge on any atom is 0.231 e. The summed E-state index contributed by atoms with van der Waals surface area (Å²) >= 11 is 1.50. The first-order valence-electron chi connectivity index (χ1n) is 10.4. The number of aromatic nitrogens is 2. The Balaban J connectivity index is 0.00000272. The van der Waals surface area contributed by atoms with Crippen molar-refractivity contribution in [2.24, 2.45) is 4.99 Å². The molecule has 1 fully saturated rings. The van der Waals surface area contributed by atoms with Gasteiger partial charge in [0, 0.05) is 63.1 Å². The number of anilines is 1. The maximum absolute atomic E-state index is 5.54. The third kappa shape index (κ3) is 5.33. The van der Waals surface area contributed by atoms with E-state index in [2.05, 4.69) is 62.4 Å². The highest BCUT2D eigenvalue weighted by atomic mass is 127. The number of rotatable bonds is 5. The minimum atomic E-state index is -0.0815. The molecule has 2 aromatic rings. The highest BCUT2D eigenvalue weighted by molar-refractivity contribution is 14.0. The Kier molecular flexibility index (Phi) is 7.84. The molecule has 1 saturated heterocycles. The van der Waals surface area contributed by atoms with E-state index in [0.29, 0.717) is 6.79 Å². The van der Waals surface area contributed by atoms with Gasteiger partial charge in [-0.05, 0) is 17.7 Å². The molecule has 0 unspecified atom stereocenters. The lowest BCUT2D eigenvalue weighted by atomic mass is 9.84. The van der Waals surface area contributed by atoms with Crippen molar-refractivity contribution in [3.8, 4) is 11.5 Å². The summed E-state index contributed by atoms with van der Waals surface area (Å²) in [5.41, 5.74) is 1.13. The van der Waals surface area contributed by atoms with E-state index >= 15 is 0 Å². The molecule has 4 rings (SSSR count). The summed E-state index contributed by atoms with van der Waals surface area (Å²) < 4.78 is 15.4. The highest BCUT2D eigenvalue weighted by Gasteiger charge is 2.26. The molecule has 8 nitrogen and oxygen atoms in total. The van der Waals surface area contributed by atoms with Gasteiger partial charge in [-0.2, -0.15) is 4.37 Å². The van der Waals surface area contributed by atoms with Crippen molar-refractivity contribution in [1.29, 1.82) is 0 Å². The Bertz CT molecular complexity index is 911. The van der Waals surface area contributed by atoms with E-state index in [1.54, 1.807) is 0 Å². The van der Waals surface area contributed by atoms with E-state index < -0.39 is 0 Å². The Labute approximate surface area is 205 Å². The van der Waals surface area contributed by atoms with Gasteiger partial charge in [0.25, 0.3) is 0 Å². The van der Waals surface area contributed by atoms with Crippen LogP contribution in [0.25, 0.3) is 0 Å². The van der Waals surface area contributed by atoms with Crippen molar-refractivity contribution in [1.82, 2.24) is 19.6 Å². The zero-order valence-electron chi connectivity index (χ0n) is 18.6. The molecule has 170 valence electrons. The van der Waals surface area contributed by atoms with E-state index in [4.69, 9.17) is 9.47 Å². The van der Waals surface area contributed by atoms with Gasteiger partial charge >= 0.3 is 0 Å². The molecule has 2 aliphatic heterocycles. The second-order valence-electron chi connectivity index (χ2n) is 8.17. The van der Waals surface area contributed by atoms with Gasteiger partial charge in [-0.1, -0.05) is 26.8 Å². The molecule has 0 amide bonds. The minimum absolute atomic E-state index is 0. The molecule has 0 aliphatic carbocycles. The quantitative estimate of drug-likeness (QED) is 0.344. The molecule has 1 aromatic carbocycles. The number of piperazine rings is 1. The molecule has 0 bridgehead atoms. The van der Waals surface area contributed by atoms with Crippen LogP contribution in [0.4, 0.5) is 5.13 Å². The number of fused-ring (bicyclic) bond motifs is 1. The minimum Gasteiger partial charge on any atom is -0.454 e. The van der Waals surface area contributed by atoms with Crippen LogP contribution in [0.3, 0.4) is 0 Å². The number of hydrogen-bond donors (Lipinski definition) is 1. The number of aliphatic imine (C=N–C) groups is 1. The summed E-state index contributed by atoms with van der Waals surface area (Å²) in [4.78, 5) is 13.8. The highest BCUT2D eigenvalue weighted by Crippen LogP contribution is 2.36. The van der Waals surface area contributed by atoms with Crippen LogP contribution >= 0.6 is 35.5 Å². The molecule has 0 radical (unpaired) electrons. The van der Waals surface area contributed by atoms with Gasteiger partial charge in [0.1, 0.15) is 5.82 Å². The monoisotopic (exact) mass is 558 g/mol. The largest absolute Gasteiger partial charge is 0.454 e. The number of nitrogens with zero attached hydrogens (tertiary/aromatic N) is 5. The van der Waals surface area contributed by atoms with Crippen molar-refractivity contribution in [2.75, 3.05) is 51.5 Å². The van der Waals surface area contributed by atoms with Gasteiger partial charge in [-0.3, -0.25) is 4.99 Å². The molecule has 2 aliphatic rings. The molecule has 1 N–H and O–H groups in total. The second kappa shape index (κ2) is 10.2. The summed E-state index contributed by atoms with van der Waals surface area (Å²) in [5, 5.41) is 4.60. The average molecular weight is 558 g/mol. The zero-order chi connectivity index (χ0) is 21.1. The molecular weight excluding hydrogens is 527 g/mol. The van der Waals surface area contributed by atoms with Crippen molar-refractivity contribution < 1.29 is 9.47 Å². The lowest BCUT2D eigenvalue weighted by molar-refractivity contribution is 0.174. The summed E-state index contributed by atoms with van der Waals surface area (Å²) in [6.45, 7) is 11.3. The van der Waals surface area contributed by atoms with Crippen LogP contribution < -0.4 is 19.7 Å². The summed E-state index contributed by atoms with van der Waals surface area (Å²) in [5.74, 6) is 3.51. The van der Waals surface area contributed by atoms with Crippen LogP contribution in [-0.2, 0) is 11.8 Å². The van der Waals surface area contributed by atoms with Gasteiger partial charge in [-0.15, -0.1) is 24.0 Å². The Morgan fingerprint density at radius 3 is 2.61 bits per heavy atom. The molecule has 3 heterocycles. The molecule has 1 aromatic heterocycles. The van der Waals surface area contributed by atoms with Crippen LogP contribution in [0.2, 0.25) is 0 Å². The molecule has 10 heteroatoms. The zero-order valence-corrected chi connectivity index (χ0v) is 21.7. The number of nitrogens with one attached hydrogen (secondary N) is 1. The van der Waals surface area contributed by atoms with E-state index in [9.17, 15) is 0 Å². The number of ether oxygens (including phenoxy) is 2. The lowest BCUT2D eigenvalue weighted by Gasteiger charge is -2.37. The fraction of sp³-hybridized carbons (Fsp3) is 0.571. The number of halogens is 1. The smallest absolute Gasteiger partial charge is 0.231 e. The number of aryl methyl sites for hydroxylation is 1. The first-order chi connectivity index (χ1) is 14.5. The van der Waals surface area contributed by atoms with E-state index in [0.717, 1.165) is 67.6 Å². The molecular formula is C21H31IN6O2S. The Hall–Kier alpha value is -1.82. The van der Waals surface area contributed by atoms with Gasteiger partial charge in [0.05, 0.1) is 0 Å². The Morgan fingerprint density at radius 2 is 1.94 bits per heavy atom. The fourth-order valence-corrected chi connectivity index (χ4v) is 4.48. The van der Waals surface area contributed by atoms with Gasteiger partial charge < -0.3 is 24.6 Å². The van der Waals surface area contributed by atoms with Gasteiger partial charge in [0.15, 0.2) is 17.5 Å². The van der Waals surface area contributed by atoms with Crippen LogP contribution in [0, 0.1) is 0 Å². The predicted molar refractivity (Wildman–Crippen MR) is 135 cm³/mol. The fourth-order valence-electron chi connectivity index (χ4n) is 3.68. The van der Waals surface area contributed by atoms with E-state index in [1.807, 2.05) is 13.1 Å². The Morgan fingerprint density at radius 1 is 1.19 bits per heavy atom. The average Bonchev–Trinajstić information content (AvgIpc) is 3.43. The third-order valence-electron chi connectivity index (χ3n) is 5.68. The normalized spacial score (nSPS) is 16.3. The van der Waals surface area contributed by atoms with Crippen molar-refractivity contribution in [2.45, 2.75) is 32.6 Å². The third-order valence-corrected chi connectivity index (χ3v) is 6.49. The number of hydrogen-bond acceptors (Lipinski definition) is 7. The molecule has 0 saturated carbocycles. The lowest BCUT2D eigenvalue weighted by Crippen LogP contribution is -2.54. The number of benzene rings is 1. The van der Waals surface area contributed by atoms with Crippen LogP contribution in [-0.4, -0.2) is 66.8 Å². The van der Waals surface area contributed by atoms with Crippen LogP contribution in [0.15, 0.2) is 23.2 Å². The van der Waals surface area contributed by atoms with Crippen LogP contribution in [0.5, 0.6) is 11.5 Å². The standard InChI is InChI=1S/C21H30N6O2S.HI/c1-5-18-24-20(30-25-18)27-10-8-26(9-11-27)19(22-4)23-13-21(2,3)15-6-7-16-17(12-15)29-14-28-16;/h6-7,12H,5,8-11,13-14H2,1-4H3,(H,22,23);1H. The number of guanidine groups is 1. The van der Waals surface area contributed by atoms with E-state index in [1.165, 1.54) is 17.1 Å². The van der Waals surface area contributed by atoms with Crippen molar-refractivity contribution in [3.63, 3.8) is 0 Å². The first-order valence-corrected chi connectivity index (χ1v) is 11.2.